The second-order valence-corrected chi connectivity index (χ2v) is 6.63. The van der Waals surface area contributed by atoms with E-state index in [0.29, 0.717) is 16.6 Å². The number of esters is 1. The van der Waals surface area contributed by atoms with Crippen molar-refractivity contribution in [3.8, 4) is 0 Å². The molecule has 0 atom stereocenters. The third kappa shape index (κ3) is 5.74. The summed E-state index contributed by atoms with van der Waals surface area (Å²) in [6.07, 6.45) is 2.97. The highest BCUT2D eigenvalue weighted by atomic mass is 35.5. The molecular weight excluding hydrogens is 350 g/mol. The van der Waals surface area contributed by atoms with E-state index in [0.717, 1.165) is 11.1 Å². The van der Waals surface area contributed by atoms with Crippen LogP contribution in [-0.2, 0) is 14.3 Å². The van der Waals surface area contributed by atoms with Crippen LogP contribution in [-0.4, -0.2) is 18.5 Å². The highest BCUT2D eigenvalue weighted by molar-refractivity contribution is 6.31. The maximum atomic E-state index is 11.9. The Labute approximate surface area is 158 Å². The molecule has 0 radical (unpaired) electrons. The Balaban J connectivity index is 1.84. The van der Waals surface area contributed by atoms with Gasteiger partial charge in [0.05, 0.1) is 0 Å². The summed E-state index contributed by atoms with van der Waals surface area (Å²) in [6.45, 7) is 5.69. The Morgan fingerprint density at radius 2 is 1.85 bits per heavy atom. The fourth-order valence-electron chi connectivity index (χ4n) is 2.27. The second-order valence-electron chi connectivity index (χ2n) is 6.22. The van der Waals surface area contributed by atoms with Crippen LogP contribution in [0, 0.1) is 6.92 Å². The van der Waals surface area contributed by atoms with Gasteiger partial charge in [-0.1, -0.05) is 55.8 Å². The number of amides is 1. The summed E-state index contributed by atoms with van der Waals surface area (Å²) in [7, 11) is 0. The SMILES string of the molecule is Cc1c(Cl)cccc1NC(=O)COC(=O)C=Cc1ccc(C(C)C)cc1. The van der Waals surface area contributed by atoms with Gasteiger partial charge in [0.1, 0.15) is 0 Å². The second kappa shape index (κ2) is 9.20. The van der Waals surface area contributed by atoms with Crippen molar-refractivity contribution in [1.82, 2.24) is 0 Å². The molecule has 5 heteroatoms. The van der Waals surface area contributed by atoms with Gasteiger partial charge in [0, 0.05) is 16.8 Å². The van der Waals surface area contributed by atoms with Gasteiger partial charge in [0.25, 0.3) is 5.91 Å². The molecule has 0 bridgehead atoms. The average molecular weight is 372 g/mol. The largest absolute Gasteiger partial charge is 0.452 e. The smallest absolute Gasteiger partial charge is 0.331 e. The monoisotopic (exact) mass is 371 g/mol. The molecule has 0 heterocycles. The van der Waals surface area contributed by atoms with Crippen molar-refractivity contribution < 1.29 is 14.3 Å². The van der Waals surface area contributed by atoms with Gasteiger partial charge < -0.3 is 10.1 Å². The number of halogens is 1. The lowest BCUT2D eigenvalue weighted by atomic mass is 10.0. The number of nitrogens with one attached hydrogen (secondary N) is 1. The molecule has 0 unspecified atom stereocenters. The normalized spacial score (nSPS) is 11.0. The average Bonchev–Trinajstić information content (AvgIpc) is 2.62. The Bertz CT molecular complexity index is 811. The molecule has 136 valence electrons. The fourth-order valence-corrected chi connectivity index (χ4v) is 2.44. The Morgan fingerprint density at radius 1 is 1.15 bits per heavy atom. The van der Waals surface area contributed by atoms with Crippen LogP contribution in [0.1, 0.15) is 36.5 Å². The van der Waals surface area contributed by atoms with Gasteiger partial charge in [-0.15, -0.1) is 0 Å². The summed E-state index contributed by atoms with van der Waals surface area (Å²) in [4.78, 5) is 23.7. The summed E-state index contributed by atoms with van der Waals surface area (Å²) >= 11 is 6.01. The minimum absolute atomic E-state index is 0.360. The molecule has 1 N–H and O–H groups in total. The van der Waals surface area contributed by atoms with Crippen LogP contribution in [0.25, 0.3) is 6.08 Å². The van der Waals surface area contributed by atoms with E-state index in [1.165, 1.54) is 11.6 Å². The third-order valence-electron chi connectivity index (χ3n) is 3.90. The summed E-state index contributed by atoms with van der Waals surface area (Å²) in [5, 5.41) is 3.23. The molecule has 0 saturated heterocycles. The van der Waals surface area contributed by atoms with Gasteiger partial charge in [-0.3, -0.25) is 4.79 Å². The Kier molecular flexibility index (Phi) is 6.98. The Hall–Kier alpha value is -2.59. The molecule has 0 fully saturated rings. The number of carbonyl (C=O) groups is 2. The highest BCUT2D eigenvalue weighted by Crippen LogP contribution is 2.22. The standard InChI is InChI=1S/C21H22ClNO3/c1-14(2)17-10-7-16(8-11-17)9-12-21(25)26-13-20(24)23-19-6-4-5-18(22)15(19)3/h4-12,14H,13H2,1-3H3,(H,23,24). The summed E-state index contributed by atoms with van der Waals surface area (Å²) < 4.78 is 4.96. The van der Waals surface area contributed by atoms with E-state index in [1.807, 2.05) is 24.3 Å². The van der Waals surface area contributed by atoms with Crippen LogP contribution < -0.4 is 5.32 Å². The number of carbonyl (C=O) groups excluding carboxylic acids is 2. The molecule has 0 aromatic heterocycles. The van der Waals surface area contributed by atoms with Gasteiger partial charge in [-0.25, -0.2) is 4.79 Å². The zero-order valence-electron chi connectivity index (χ0n) is 15.1. The van der Waals surface area contributed by atoms with Crippen molar-refractivity contribution in [1.29, 1.82) is 0 Å². The van der Waals surface area contributed by atoms with Gasteiger partial charge in [0.15, 0.2) is 6.61 Å². The molecule has 0 saturated carbocycles. The molecule has 1 amide bonds. The number of ether oxygens (including phenoxy) is 1. The topological polar surface area (TPSA) is 55.4 Å². The number of hydrogen-bond acceptors (Lipinski definition) is 3. The first-order chi connectivity index (χ1) is 12.4. The molecule has 4 nitrogen and oxygen atoms in total. The van der Waals surface area contributed by atoms with E-state index in [-0.39, 0.29) is 6.61 Å². The minimum Gasteiger partial charge on any atom is -0.452 e. The lowest BCUT2D eigenvalue weighted by molar-refractivity contribution is -0.142. The number of hydrogen-bond donors (Lipinski definition) is 1. The van der Waals surface area contributed by atoms with E-state index < -0.39 is 11.9 Å². The van der Waals surface area contributed by atoms with Crippen LogP contribution in [0.2, 0.25) is 5.02 Å². The van der Waals surface area contributed by atoms with Crippen molar-refractivity contribution >= 4 is 35.2 Å². The van der Waals surface area contributed by atoms with Crippen molar-refractivity contribution in [3.63, 3.8) is 0 Å². The number of anilines is 1. The number of benzene rings is 2. The first kappa shape index (κ1) is 19.7. The van der Waals surface area contributed by atoms with E-state index in [4.69, 9.17) is 16.3 Å². The molecule has 2 rings (SSSR count). The van der Waals surface area contributed by atoms with Crippen molar-refractivity contribution in [2.75, 3.05) is 11.9 Å². The van der Waals surface area contributed by atoms with Crippen LogP contribution in [0.15, 0.2) is 48.5 Å². The van der Waals surface area contributed by atoms with Gasteiger partial charge in [-0.05, 0) is 47.7 Å². The van der Waals surface area contributed by atoms with Gasteiger partial charge >= 0.3 is 5.97 Å². The number of rotatable bonds is 6. The summed E-state index contributed by atoms with van der Waals surface area (Å²) in [6, 6.07) is 13.1. The molecule has 0 aliphatic heterocycles. The minimum atomic E-state index is -0.573. The molecule has 2 aromatic carbocycles. The van der Waals surface area contributed by atoms with Crippen molar-refractivity contribution in [2.45, 2.75) is 26.7 Å². The maximum absolute atomic E-state index is 11.9. The predicted octanol–water partition coefficient (Wildman–Crippen LogP) is 4.97. The van der Waals surface area contributed by atoms with Crippen LogP contribution in [0.4, 0.5) is 5.69 Å². The van der Waals surface area contributed by atoms with E-state index in [1.54, 1.807) is 31.2 Å². The van der Waals surface area contributed by atoms with Crippen molar-refractivity contribution in [3.05, 3.63) is 70.3 Å². The van der Waals surface area contributed by atoms with E-state index in [9.17, 15) is 9.59 Å². The first-order valence-electron chi connectivity index (χ1n) is 8.36. The van der Waals surface area contributed by atoms with Gasteiger partial charge in [-0.2, -0.15) is 0 Å². The van der Waals surface area contributed by atoms with Crippen LogP contribution >= 0.6 is 11.6 Å². The lowest BCUT2D eigenvalue weighted by Crippen LogP contribution is -2.20. The maximum Gasteiger partial charge on any atom is 0.331 e. The molecule has 2 aromatic rings. The molecule has 0 spiro atoms. The molecule has 0 aliphatic rings. The lowest BCUT2D eigenvalue weighted by Gasteiger charge is -2.09. The third-order valence-corrected chi connectivity index (χ3v) is 4.31. The fraction of sp³-hybridized carbons (Fsp3) is 0.238. The molecule has 0 aliphatic carbocycles. The van der Waals surface area contributed by atoms with Crippen LogP contribution in [0.5, 0.6) is 0 Å². The first-order valence-corrected chi connectivity index (χ1v) is 8.74. The molecular formula is C21H22ClNO3. The summed E-state index contributed by atoms with van der Waals surface area (Å²) in [5.41, 5.74) is 3.49. The molecule has 26 heavy (non-hydrogen) atoms. The quantitative estimate of drug-likeness (QED) is 0.576. The van der Waals surface area contributed by atoms with E-state index in [2.05, 4.69) is 19.2 Å². The Morgan fingerprint density at radius 3 is 2.50 bits per heavy atom. The van der Waals surface area contributed by atoms with Crippen molar-refractivity contribution in [2.24, 2.45) is 0 Å². The van der Waals surface area contributed by atoms with Crippen LogP contribution in [0.3, 0.4) is 0 Å². The zero-order chi connectivity index (χ0) is 19.1. The van der Waals surface area contributed by atoms with E-state index >= 15 is 0 Å². The zero-order valence-corrected chi connectivity index (χ0v) is 15.8. The predicted molar refractivity (Wildman–Crippen MR) is 105 cm³/mol. The highest BCUT2D eigenvalue weighted by Gasteiger charge is 2.08. The van der Waals surface area contributed by atoms with Gasteiger partial charge in [0.2, 0.25) is 0 Å². The summed E-state index contributed by atoms with van der Waals surface area (Å²) in [5.74, 6) is -0.533.